The SMILES string of the molecule is COCCN(CCOC)c1nccc(CN)c1F. The van der Waals surface area contributed by atoms with Gasteiger partial charge in [-0.2, -0.15) is 0 Å². The van der Waals surface area contributed by atoms with Crippen LogP contribution in [0.15, 0.2) is 12.3 Å². The summed E-state index contributed by atoms with van der Waals surface area (Å²) in [6.45, 7) is 2.26. The van der Waals surface area contributed by atoms with E-state index in [1.54, 1.807) is 31.4 Å². The molecule has 0 radical (unpaired) electrons. The van der Waals surface area contributed by atoms with Gasteiger partial charge in [-0.1, -0.05) is 0 Å². The number of hydrogen-bond acceptors (Lipinski definition) is 5. The molecule has 1 aromatic heterocycles. The van der Waals surface area contributed by atoms with Crippen molar-refractivity contribution >= 4 is 5.82 Å². The van der Waals surface area contributed by atoms with Gasteiger partial charge in [0, 0.05) is 45.6 Å². The molecule has 1 rings (SSSR count). The van der Waals surface area contributed by atoms with Gasteiger partial charge in [0.05, 0.1) is 13.2 Å². The van der Waals surface area contributed by atoms with E-state index in [0.717, 1.165) is 0 Å². The van der Waals surface area contributed by atoms with E-state index < -0.39 is 0 Å². The second-order valence-electron chi connectivity index (χ2n) is 3.78. The first-order valence-corrected chi connectivity index (χ1v) is 5.80. The van der Waals surface area contributed by atoms with Crippen LogP contribution in [-0.4, -0.2) is 45.5 Å². The van der Waals surface area contributed by atoms with E-state index in [-0.39, 0.29) is 12.4 Å². The van der Waals surface area contributed by atoms with Crippen LogP contribution in [-0.2, 0) is 16.0 Å². The molecule has 5 nitrogen and oxygen atoms in total. The van der Waals surface area contributed by atoms with Gasteiger partial charge in [-0.25, -0.2) is 9.37 Å². The van der Waals surface area contributed by atoms with Crippen LogP contribution in [0.3, 0.4) is 0 Å². The van der Waals surface area contributed by atoms with Gasteiger partial charge < -0.3 is 20.1 Å². The van der Waals surface area contributed by atoms with E-state index in [1.807, 2.05) is 0 Å². The van der Waals surface area contributed by atoms with Crippen molar-refractivity contribution in [2.45, 2.75) is 6.54 Å². The third-order valence-electron chi connectivity index (χ3n) is 2.60. The van der Waals surface area contributed by atoms with E-state index in [4.69, 9.17) is 15.2 Å². The number of halogens is 1. The molecule has 0 saturated carbocycles. The van der Waals surface area contributed by atoms with Gasteiger partial charge in [-0.3, -0.25) is 0 Å². The van der Waals surface area contributed by atoms with Gasteiger partial charge in [0.2, 0.25) is 0 Å². The number of nitrogens with zero attached hydrogens (tertiary/aromatic N) is 2. The summed E-state index contributed by atoms with van der Waals surface area (Å²) in [4.78, 5) is 5.87. The summed E-state index contributed by atoms with van der Waals surface area (Å²) in [5, 5.41) is 0. The Balaban J connectivity index is 2.88. The van der Waals surface area contributed by atoms with Crippen LogP contribution in [0.25, 0.3) is 0 Å². The average Bonchev–Trinajstić information content (AvgIpc) is 2.40. The third-order valence-corrected chi connectivity index (χ3v) is 2.60. The monoisotopic (exact) mass is 257 g/mol. The van der Waals surface area contributed by atoms with Gasteiger partial charge in [0.15, 0.2) is 11.6 Å². The second kappa shape index (κ2) is 7.97. The fourth-order valence-corrected chi connectivity index (χ4v) is 1.58. The molecule has 0 aliphatic heterocycles. The summed E-state index contributed by atoms with van der Waals surface area (Å²) in [5.74, 6) is -0.0701. The Bertz CT molecular complexity index is 355. The minimum Gasteiger partial charge on any atom is -0.383 e. The van der Waals surface area contributed by atoms with Crippen LogP contribution in [0.1, 0.15) is 5.56 Å². The first-order chi connectivity index (χ1) is 8.74. The molecule has 6 heteroatoms. The molecule has 0 atom stereocenters. The van der Waals surface area contributed by atoms with Crippen LogP contribution in [0.2, 0.25) is 0 Å². The molecule has 102 valence electrons. The Morgan fingerprint density at radius 3 is 2.39 bits per heavy atom. The molecule has 0 unspecified atom stereocenters. The molecule has 2 N–H and O–H groups in total. The molecule has 0 fully saturated rings. The van der Waals surface area contributed by atoms with Crippen molar-refractivity contribution in [1.29, 1.82) is 0 Å². The van der Waals surface area contributed by atoms with E-state index in [0.29, 0.717) is 37.7 Å². The molecule has 18 heavy (non-hydrogen) atoms. The van der Waals surface area contributed by atoms with E-state index in [9.17, 15) is 4.39 Å². The summed E-state index contributed by atoms with van der Waals surface area (Å²) in [5.41, 5.74) is 5.94. The highest BCUT2D eigenvalue weighted by molar-refractivity contribution is 5.43. The Hall–Kier alpha value is -1.24. The summed E-state index contributed by atoms with van der Waals surface area (Å²) in [6.07, 6.45) is 1.56. The van der Waals surface area contributed by atoms with Crippen molar-refractivity contribution in [2.24, 2.45) is 5.73 Å². The zero-order valence-corrected chi connectivity index (χ0v) is 10.9. The molecule has 0 aliphatic rings. The van der Waals surface area contributed by atoms with Crippen molar-refractivity contribution < 1.29 is 13.9 Å². The Labute approximate surface area is 107 Å². The van der Waals surface area contributed by atoms with E-state index in [2.05, 4.69) is 4.98 Å². The fraction of sp³-hybridized carbons (Fsp3) is 0.583. The van der Waals surface area contributed by atoms with Crippen molar-refractivity contribution in [3.05, 3.63) is 23.6 Å². The molecule has 1 aromatic rings. The van der Waals surface area contributed by atoms with Gasteiger partial charge in [-0.05, 0) is 6.07 Å². The van der Waals surface area contributed by atoms with Crippen LogP contribution < -0.4 is 10.6 Å². The molecule has 0 amide bonds. The standard InChI is InChI=1S/C12H20FN3O2/c1-17-7-5-16(6-8-18-2)12-11(13)10(9-14)3-4-15-12/h3-4H,5-9,14H2,1-2H3. The number of hydrogen-bond donors (Lipinski definition) is 1. The van der Waals surface area contributed by atoms with Crippen LogP contribution in [0, 0.1) is 5.82 Å². The van der Waals surface area contributed by atoms with Crippen molar-refractivity contribution in [1.82, 2.24) is 4.98 Å². The Morgan fingerprint density at radius 2 is 1.89 bits per heavy atom. The molecule has 0 saturated heterocycles. The topological polar surface area (TPSA) is 60.6 Å². The number of ether oxygens (including phenoxy) is 2. The molecule has 0 aromatic carbocycles. The van der Waals surface area contributed by atoms with Crippen LogP contribution in [0.5, 0.6) is 0 Å². The number of anilines is 1. The summed E-state index contributed by atoms with van der Waals surface area (Å²) in [6, 6.07) is 1.59. The van der Waals surface area contributed by atoms with Crippen molar-refractivity contribution in [3.63, 3.8) is 0 Å². The maximum absolute atomic E-state index is 14.1. The maximum Gasteiger partial charge on any atom is 0.170 e. The van der Waals surface area contributed by atoms with Gasteiger partial charge in [-0.15, -0.1) is 0 Å². The van der Waals surface area contributed by atoms with Gasteiger partial charge >= 0.3 is 0 Å². The molecular formula is C12H20FN3O2. The predicted octanol–water partition coefficient (Wildman–Crippen LogP) is 0.779. The molecule has 0 bridgehead atoms. The predicted molar refractivity (Wildman–Crippen MR) is 68.1 cm³/mol. The number of methoxy groups -OCH3 is 2. The number of nitrogens with two attached hydrogens (primary N) is 1. The lowest BCUT2D eigenvalue weighted by Crippen LogP contribution is -2.32. The minimum atomic E-state index is -0.368. The Morgan fingerprint density at radius 1 is 1.28 bits per heavy atom. The van der Waals surface area contributed by atoms with Crippen molar-refractivity contribution in [2.75, 3.05) is 45.4 Å². The summed E-state index contributed by atoms with van der Waals surface area (Å²) < 4.78 is 24.1. The lowest BCUT2D eigenvalue weighted by Gasteiger charge is -2.24. The first kappa shape index (κ1) is 14.8. The normalized spacial score (nSPS) is 10.7. The maximum atomic E-state index is 14.1. The highest BCUT2D eigenvalue weighted by Crippen LogP contribution is 2.18. The number of pyridine rings is 1. The number of aromatic nitrogens is 1. The van der Waals surface area contributed by atoms with Crippen molar-refractivity contribution in [3.8, 4) is 0 Å². The molecule has 0 aliphatic carbocycles. The van der Waals surface area contributed by atoms with Crippen LogP contribution >= 0.6 is 0 Å². The van der Waals surface area contributed by atoms with E-state index in [1.165, 1.54) is 0 Å². The lowest BCUT2D eigenvalue weighted by molar-refractivity contribution is 0.189. The molecule has 1 heterocycles. The highest BCUT2D eigenvalue weighted by Gasteiger charge is 2.15. The van der Waals surface area contributed by atoms with E-state index >= 15 is 0 Å². The summed E-state index contributed by atoms with van der Waals surface area (Å²) in [7, 11) is 3.21. The Kier molecular flexibility index (Phi) is 6.56. The minimum absolute atomic E-state index is 0.156. The average molecular weight is 257 g/mol. The van der Waals surface area contributed by atoms with Crippen LogP contribution in [0.4, 0.5) is 10.2 Å². The number of rotatable bonds is 8. The molecular weight excluding hydrogens is 237 g/mol. The quantitative estimate of drug-likeness (QED) is 0.745. The summed E-state index contributed by atoms with van der Waals surface area (Å²) >= 11 is 0. The van der Waals surface area contributed by atoms with Gasteiger partial charge in [0.1, 0.15) is 0 Å². The zero-order chi connectivity index (χ0) is 13.4. The first-order valence-electron chi connectivity index (χ1n) is 5.80. The lowest BCUT2D eigenvalue weighted by atomic mass is 10.2. The fourth-order valence-electron chi connectivity index (χ4n) is 1.58. The molecule has 0 spiro atoms. The second-order valence-corrected chi connectivity index (χ2v) is 3.78. The highest BCUT2D eigenvalue weighted by atomic mass is 19.1. The third kappa shape index (κ3) is 3.90. The largest absolute Gasteiger partial charge is 0.383 e. The smallest absolute Gasteiger partial charge is 0.170 e. The van der Waals surface area contributed by atoms with Gasteiger partial charge in [0.25, 0.3) is 0 Å². The zero-order valence-electron chi connectivity index (χ0n) is 10.9.